The number of carbonyl (C=O) groups is 2. The maximum Gasteiger partial charge on any atom is 0.410 e. The number of piperidine rings is 1. The minimum absolute atomic E-state index is 0.233. The highest BCUT2D eigenvalue weighted by Crippen LogP contribution is 2.34. The first-order valence-corrected chi connectivity index (χ1v) is 9.20. The highest BCUT2D eigenvalue weighted by atomic mass is 16.6. The van der Waals surface area contributed by atoms with Crippen molar-refractivity contribution in [1.82, 2.24) is 4.90 Å². The third kappa shape index (κ3) is 5.23. The summed E-state index contributed by atoms with van der Waals surface area (Å²) in [6.45, 7) is 10.6. The van der Waals surface area contributed by atoms with Gasteiger partial charge >= 0.3 is 12.1 Å². The van der Waals surface area contributed by atoms with Gasteiger partial charge in [0.1, 0.15) is 5.60 Å². The molecule has 1 heterocycles. The number of hydrogen-bond acceptors (Lipinski definition) is 4. The van der Waals surface area contributed by atoms with Crippen LogP contribution < -0.4 is 0 Å². The van der Waals surface area contributed by atoms with Crippen molar-refractivity contribution in [2.75, 3.05) is 13.7 Å². The average molecular weight is 361 g/mol. The van der Waals surface area contributed by atoms with Gasteiger partial charge in [-0.25, -0.2) is 9.59 Å². The minimum atomic E-state index is -0.481. The Labute approximate surface area is 156 Å². The van der Waals surface area contributed by atoms with Gasteiger partial charge in [0, 0.05) is 12.1 Å². The summed E-state index contributed by atoms with van der Waals surface area (Å²) in [4.78, 5) is 25.9. The fraction of sp³-hybridized carbons (Fsp3) is 0.619. The lowest BCUT2D eigenvalue weighted by Crippen LogP contribution is -2.54. The van der Waals surface area contributed by atoms with Crippen LogP contribution in [0.5, 0.6) is 0 Å². The van der Waals surface area contributed by atoms with E-state index in [1.54, 1.807) is 0 Å². The summed E-state index contributed by atoms with van der Waals surface area (Å²) in [7, 11) is 1.39. The lowest BCUT2D eigenvalue weighted by atomic mass is 9.80. The predicted molar refractivity (Wildman–Crippen MR) is 101 cm³/mol. The summed E-state index contributed by atoms with van der Waals surface area (Å²) in [5, 5.41) is 0. The van der Waals surface area contributed by atoms with Crippen LogP contribution >= 0.6 is 0 Å². The molecule has 144 valence electrons. The number of ether oxygens (including phenoxy) is 2. The third-order valence-corrected chi connectivity index (χ3v) is 4.79. The average Bonchev–Trinajstić information content (AvgIpc) is 2.52. The second-order valence-electron chi connectivity index (χ2n) is 8.70. The van der Waals surface area contributed by atoms with E-state index < -0.39 is 5.60 Å². The number of hydrogen-bond donors (Lipinski definition) is 0. The van der Waals surface area contributed by atoms with E-state index in [1.807, 2.05) is 49.9 Å². The van der Waals surface area contributed by atoms with Crippen molar-refractivity contribution in [3.8, 4) is 0 Å². The zero-order valence-electron chi connectivity index (χ0n) is 16.8. The normalized spacial score (nSPS) is 19.8. The van der Waals surface area contributed by atoms with Crippen LogP contribution in [0, 0.1) is 5.92 Å². The Balaban J connectivity index is 1.98. The van der Waals surface area contributed by atoms with Gasteiger partial charge in [0.15, 0.2) is 0 Å². The molecule has 1 aliphatic rings. The molecule has 0 saturated carbocycles. The molecular formula is C21H31NO4. The standard InChI is InChI=1S/C21H31NO4/c1-20(2,3)26-19(24)22-12-11-16(14-21(22,4)5)13-15-7-9-17(10-8-15)18(23)25-6/h7-10,16H,11-14H2,1-6H3. The molecule has 0 N–H and O–H groups in total. The molecule has 0 spiro atoms. The molecule has 0 aromatic heterocycles. The van der Waals surface area contributed by atoms with E-state index >= 15 is 0 Å². The van der Waals surface area contributed by atoms with E-state index in [9.17, 15) is 9.59 Å². The van der Waals surface area contributed by atoms with Gasteiger partial charge in [-0.05, 0) is 77.5 Å². The van der Waals surface area contributed by atoms with Crippen LogP contribution in [-0.4, -0.2) is 41.8 Å². The first-order chi connectivity index (χ1) is 12.0. The molecule has 2 rings (SSSR count). The van der Waals surface area contributed by atoms with Crippen LogP contribution in [0.25, 0.3) is 0 Å². The van der Waals surface area contributed by atoms with E-state index in [1.165, 1.54) is 12.7 Å². The highest BCUT2D eigenvalue weighted by Gasteiger charge is 2.39. The van der Waals surface area contributed by atoms with Crippen molar-refractivity contribution >= 4 is 12.1 Å². The highest BCUT2D eigenvalue weighted by molar-refractivity contribution is 5.89. The zero-order valence-corrected chi connectivity index (χ0v) is 16.8. The number of likely N-dealkylation sites (tertiary alicyclic amines) is 1. The summed E-state index contributed by atoms with van der Waals surface area (Å²) >= 11 is 0. The van der Waals surface area contributed by atoms with Crippen molar-refractivity contribution in [2.45, 2.75) is 65.0 Å². The molecule has 0 radical (unpaired) electrons. The molecule has 1 aromatic rings. The summed E-state index contributed by atoms with van der Waals surface area (Å²) in [6, 6.07) is 7.59. The van der Waals surface area contributed by atoms with E-state index in [0.717, 1.165) is 19.3 Å². The molecule has 1 aliphatic heterocycles. The summed E-state index contributed by atoms with van der Waals surface area (Å²) in [6.07, 6.45) is 2.57. The van der Waals surface area contributed by atoms with Crippen molar-refractivity contribution in [2.24, 2.45) is 5.92 Å². The smallest absolute Gasteiger partial charge is 0.410 e. The molecule has 0 bridgehead atoms. The van der Waals surface area contributed by atoms with Crippen molar-refractivity contribution in [1.29, 1.82) is 0 Å². The Hall–Kier alpha value is -2.04. The van der Waals surface area contributed by atoms with Gasteiger partial charge in [-0.1, -0.05) is 12.1 Å². The number of benzene rings is 1. The van der Waals surface area contributed by atoms with Gasteiger partial charge in [-0.3, -0.25) is 0 Å². The molecule has 1 saturated heterocycles. The summed E-state index contributed by atoms with van der Waals surface area (Å²) in [5.74, 6) is 0.177. The van der Waals surface area contributed by atoms with Crippen LogP contribution in [0.1, 0.15) is 63.4 Å². The monoisotopic (exact) mass is 361 g/mol. The van der Waals surface area contributed by atoms with Crippen molar-refractivity contribution < 1.29 is 19.1 Å². The largest absolute Gasteiger partial charge is 0.465 e. The summed E-state index contributed by atoms with van der Waals surface area (Å²) < 4.78 is 10.3. The lowest BCUT2D eigenvalue weighted by molar-refractivity contribution is -0.0146. The first-order valence-electron chi connectivity index (χ1n) is 9.20. The molecule has 1 amide bonds. The Morgan fingerprint density at radius 3 is 2.31 bits per heavy atom. The fourth-order valence-corrected chi connectivity index (χ4v) is 3.59. The molecule has 0 aliphatic carbocycles. The molecular weight excluding hydrogens is 330 g/mol. The Bertz CT molecular complexity index is 643. The molecule has 26 heavy (non-hydrogen) atoms. The Morgan fingerprint density at radius 2 is 1.81 bits per heavy atom. The predicted octanol–water partition coefficient (Wildman–Crippen LogP) is 4.44. The molecule has 5 nitrogen and oxygen atoms in total. The maximum atomic E-state index is 12.5. The second kappa shape index (κ2) is 7.68. The third-order valence-electron chi connectivity index (χ3n) is 4.79. The van der Waals surface area contributed by atoms with E-state index in [4.69, 9.17) is 9.47 Å². The molecule has 1 aromatic carbocycles. The van der Waals surface area contributed by atoms with E-state index in [-0.39, 0.29) is 17.6 Å². The van der Waals surface area contributed by atoms with Gasteiger partial charge in [-0.15, -0.1) is 0 Å². The van der Waals surface area contributed by atoms with E-state index in [0.29, 0.717) is 18.0 Å². The fourth-order valence-electron chi connectivity index (χ4n) is 3.59. The van der Waals surface area contributed by atoms with Gasteiger partial charge in [-0.2, -0.15) is 0 Å². The molecule has 1 unspecified atom stereocenters. The van der Waals surface area contributed by atoms with E-state index in [2.05, 4.69) is 13.8 Å². The number of amides is 1. The SMILES string of the molecule is COC(=O)c1ccc(CC2CCN(C(=O)OC(C)(C)C)C(C)(C)C2)cc1. The van der Waals surface area contributed by atoms with Crippen molar-refractivity contribution in [3.63, 3.8) is 0 Å². The number of methoxy groups -OCH3 is 1. The van der Waals surface area contributed by atoms with Crippen molar-refractivity contribution in [3.05, 3.63) is 35.4 Å². The van der Waals surface area contributed by atoms with Crippen LogP contribution in [0.2, 0.25) is 0 Å². The van der Waals surface area contributed by atoms with Crippen LogP contribution in [0.3, 0.4) is 0 Å². The van der Waals surface area contributed by atoms with Crippen LogP contribution in [0.4, 0.5) is 4.79 Å². The number of rotatable bonds is 3. The number of esters is 1. The summed E-state index contributed by atoms with van der Waals surface area (Å²) in [5.41, 5.74) is 1.04. The Kier molecular flexibility index (Phi) is 5.99. The topological polar surface area (TPSA) is 55.8 Å². The van der Waals surface area contributed by atoms with Gasteiger partial charge in [0.25, 0.3) is 0 Å². The maximum absolute atomic E-state index is 12.5. The first kappa shape index (κ1) is 20.3. The van der Waals surface area contributed by atoms with Crippen LogP contribution in [-0.2, 0) is 15.9 Å². The number of carbonyl (C=O) groups excluding carboxylic acids is 2. The minimum Gasteiger partial charge on any atom is -0.465 e. The van der Waals surface area contributed by atoms with Gasteiger partial charge < -0.3 is 14.4 Å². The Morgan fingerprint density at radius 1 is 1.19 bits per heavy atom. The quantitative estimate of drug-likeness (QED) is 0.747. The van der Waals surface area contributed by atoms with Crippen LogP contribution in [0.15, 0.2) is 24.3 Å². The molecule has 1 atom stereocenters. The van der Waals surface area contributed by atoms with Gasteiger partial charge in [0.05, 0.1) is 12.7 Å². The number of nitrogens with zero attached hydrogens (tertiary/aromatic N) is 1. The molecule has 5 heteroatoms. The van der Waals surface area contributed by atoms with Gasteiger partial charge in [0.2, 0.25) is 0 Å². The molecule has 1 fully saturated rings. The second-order valence-corrected chi connectivity index (χ2v) is 8.70. The lowest BCUT2D eigenvalue weighted by Gasteiger charge is -2.45. The zero-order chi connectivity index (χ0) is 19.5.